The van der Waals surface area contributed by atoms with E-state index in [-0.39, 0.29) is 0 Å². The van der Waals surface area contributed by atoms with Gasteiger partial charge in [-0.15, -0.1) is 0 Å². The largest absolute Gasteiger partial charge is 0.361 e. The lowest BCUT2D eigenvalue weighted by Gasteiger charge is -1.95. The molecule has 0 radical (unpaired) electrons. The van der Waals surface area contributed by atoms with Gasteiger partial charge in [0, 0.05) is 12.1 Å². The Labute approximate surface area is 64.6 Å². The number of hydrogen-bond acceptors (Lipinski definition) is 3. The van der Waals surface area contributed by atoms with Gasteiger partial charge in [-0.05, 0) is 13.8 Å². The third kappa shape index (κ3) is 1.58. The van der Waals surface area contributed by atoms with E-state index in [0.29, 0.717) is 13.0 Å². The molecule has 1 aromatic heterocycles. The zero-order chi connectivity index (χ0) is 8.27. The summed E-state index contributed by atoms with van der Waals surface area (Å²) in [6.07, 6.45) is 0.659. The van der Waals surface area contributed by atoms with Gasteiger partial charge in [0.2, 0.25) is 6.41 Å². The molecule has 1 heterocycles. The lowest BCUT2D eigenvalue weighted by atomic mass is 10.2. The first-order valence-corrected chi connectivity index (χ1v) is 3.34. The normalized spacial score (nSPS) is 9.64. The lowest BCUT2D eigenvalue weighted by molar-refractivity contribution is -0.109. The Morgan fingerprint density at radius 2 is 2.36 bits per heavy atom. The first-order valence-electron chi connectivity index (χ1n) is 3.34. The summed E-state index contributed by atoms with van der Waals surface area (Å²) in [4.78, 5) is 9.96. The van der Waals surface area contributed by atoms with Gasteiger partial charge < -0.3 is 9.84 Å². The highest BCUT2D eigenvalue weighted by atomic mass is 16.5. The predicted octanol–water partition coefficient (Wildman–Crippen LogP) is 0.537. The van der Waals surface area contributed by atoms with Crippen LogP contribution in [0.2, 0.25) is 0 Å². The number of hydrogen-bond donors (Lipinski definition) is 1. The monoisotopic (exact) mass is 154 g/mol. The maximum atomic E-state index is 9.96. The van der Waals surface area contributed by atoms with Crippen LogP contribution in [0.3, 0.4) is 0 Å². The van der Waals surface area contributed by atoms with E-state index in [2.05, 4.69) is 10.5 Å². The quantitative estimate of drug-likeness (QED) is 0.646. The van der Waals surface area contributed by atoms with Crippen LogP contribution in [0.5, 0.6) is 0 Å². The maximum Gasteiger partial charge on any atom is 0.207 e. The van der Waals surface area contributed by atoms with Crippen molar-refractivity contribution in [1.82, 2.24) is 10.5 Å². The van der Waals surface area contributed by atoms with Crippen molar-refractivity contribution in [2.75, 3.05) is 0 Å². The van der Waals surface area contributed by atoms with Crippen LogP contribution in [-0.4, -0.2) is 11.6 Å². The molecule has 0 aliphatic heterocycles. The number of aromatic nitrogens is 1. The van der Waals surface area contributed by atoms with E-state index < -0.39 is 0 Å². The Balaban J connectivity index is 2.74. The summed E-state index contributed by atoms with van der Waals surface area (Å²) in [5.74, 6) is 0.761. The average molecular weight is 154 g/mol. The molecule has 0 saturated heterocycles. The lowest BCUT2D eigenvalue weighted by Crippen LogP contribution is -2.10. The van der Waals surface area contributed by atoms with Crippen LogP contribution in [0.4, 0.5) is 0 Å². The van der Waals surface area contributed by atoms with Gasteiger partial charge in [0.1, 0.15) is 5.76 Å². The van der Waals surface area contributed by atoms with E-state index in [4.69, 9.17) is 4.52 Å². The molecule has 0 saturated carbocycles. The summed E-state index contributed by atoms with van der Waals surface area (Å²) in [6, 6.07) is 0. The van der Waals surface area contributed by atoms with E-state index in [1.54, 1.807) is 0 Å². The molecule has 0 unspecified atom stereocenters. The minimum absolute atomic E-state index is 0.491. The standard InChI is InChI=1S/C7H10N2O2/c1-5-7(3-8-4-10)6(2)11-9-5/h4H,3H2,1-2H3,(H,8,10). The van der Waals surface area contributed by atoms with Gasteiger partial charge in [-0.2, -0.15) is 0 Å². The number of aryl methyl sites for hydroxylation is 2. The Kier molecular flexibility index (Phi) is 2.25. The van der Waals surface area contributed by atoms with Crippen molar-refractivity contribution in [3.63, 3.8) is 0 Å². The molecule has 4 heteroatoms. The molecule has 0 aliphatic carbocycles. The van der Waals surface area contributed by atoms with E-state index >= 15 is 0 Å². The Bertz CT molecular complexity index is 235. The van der Waals surface area contributed by atoms with Crippen molar-refractivity contribution in [2.24, 2.45) is 0 Å². The molecule has 0 spiro atoms. The summed E-state index contributed by atoms with van der Waals surface area (Å²) in [5, 5.41) is 6.29. The van der Waals surface area contributed by atoms with Crippen LogP contribution in [-0.2, 0) is 11.3 Å². The van der Waals surface area contributed by atoms with Gasteiger partial charge in [-0.1, -0.05) is 5.16 Å². The van der Waals surface area contributed by atoms with Gasteiger partial charge in [0.25, 0.3) is 0 Å². The summed E-state index contributed by atoms with van der Waals surface area (Å²) in [5.41, 5.74) is 1.79. The molecule has 0 aromatic carbocycles. The van der Waals surface area contributed by atoms with Crippen molar-refractivity contribution < 1.29 is 9.32 Å². The third-order valence-corrected chi connectivity index (χ3v) is 1.54. The second-order valence-electron chi connectivity index (χ2n) is 2.30. The van der Waals surface area contributed by atoms with Crippen molar-refractivity contribution in [1.29, 1.82) is 0 Å². The highest BCUT2D eigenvalue weighted by Crippen LogP contribution is 2.10. The Morgan fingerprint density at radius 3 is 2.82 bits per heavy atom. The van der Waals surface area contributed by atoms with Crippen molar-refractivity contribution >= 4 is 6.41 Å². The predicted molar refractivity (Wildman–Crippen MR) is 38.9 cm³/mol. The molecule has 1 N–H and O–H groups in total. The van der Waals surface area contributed by atoms with Gasteiger partial charge >= 0.3 is 0 Å². The summed E-state index contributed by atoms with van der Waals surface area (Å²) in [7, 11) is 0. The molecule has 1 amide bonds. The van der Waals surface area contributed by atoms with Crippen molar-refractivity contribution in [2.45, 2.75) is 20.4 Å². The van der Waals surface area contributed by atoms with E-state index in [0.717, 1.165) is 17.0 Å². The SMILES string of the molecule is Cc1noc(C)c1CNC=O. The van der Waals surface area contributed by atoms with Crippen molar-refractivity contribution in [3.05, 3.63) is 17.0 Å². The van der Waals surface area contributed by atoms with Gasteiger partial charge in [0.15, 0.2) is 0 Å². The number of amides is 1. The third-order valence-electron chi connectivity index (χ3n) is 1.54. The molecule has 0 aliphatic rings. The van der Waals surface area contributed by atoms with Crippen LogP contribution in [0.25, 0.3) is 0 Å². The highest BCUT2D eigenvalue weighted by molar-refractivity contribution is 5.46. The fourth-order valence-corrected chi connectivity index (χ4v) is 0.898. The Morgan fingerprint density at radius 1 is 1.64 bits per heavy atom. The number of rotatable bonds is 3. The van der Waals surface area contributed by atoms with Crippen molar-refractivity contribution in [3.8, 4) is 0 Å². The smallest absolute Gasteiger partial charge is 0.207 e. The topological polar surface area (TPSA) is 55.1 Å². The molecule has 1 aromatic rings. The first kappa shape index (κ1) is 7.78. The molecule has 0 fully saturated rings. The zero-order valence-corrected chi connectivity index (χ0v) is 6.55. The summed E-state index contributed by atoms with van der Waals surface area (Å²) in [6.45, 7) is 4.16. The molecule has 1 rings (SSSR count). The van der Waals surface area contributed by atoms with Crippen LogP contribution in [0, 0.1) is 13.8 Å². The minimum atomic E-state index is 0.491. The molecular formula is C7H10N2O2. The summed E-state index contributed by atoms with van der Waals surface area (Å²) >= 11 is 0. The van der Waals surface area contributed by atoms with Gasteiger partial charge in [-0.3, -0.25) is 4.79 Å². The maximum absolute atomic E-state index is 9.96. The fraction of sp³-hybridized carbons (Fsp3) is 0.429. The number of carbonyl (C=O) groups is 1. The molecule has 60 valence electrons. The van der Waals surface area contributed by atoms with E-state index in [9.17, 15) is 4.79 Å². The molecule has 11 heavy (non-hydrogen) atoms. The summed E-state index contributed by atoms with van der Waals surface area (Å²) < 4.78 is 4.89. The number of nitrogens with zero attached hydrogens (tertiary/aromatic N) is 1. The second-order valence-corrected chi connectivity index (χ2v) is 2.30. The molecule has 0 atom stereocenters. The van der Waals surface area contributed by atoms with Gasteiger partial charge in [-0.25, -0.2) is 0 Å². The van der Waals surface area contributed by atoms with Crippen LogP contribution in [0.15, 0.2) is 4.52 Å². The minimum Gasteiger partial charge on any atom is -0.361 e. The molecular weight excluding hydrogens is 144 g/mol. The average Bonchev–Trinajstić information content (AvgIpc) is 2.29. The molecule has 4 nitrogen and oxygen atoms in total. The number of carbonyl (C=O) groups excluding carboxylic acids is 1. The fourth-order valence-electron chi connectivity index (χ4n) is 0.898. The van der Waals surface area contributed by atoms with Crippen LogP contribution >= 0.6 is 0 Å². The van der Waals surface area contributed by atoms with E-state index in [1.807, 2.05) is 13.8 Å². The van der Waals surface area contributed by atoms with Crippen LogP contribution in [0.1, 0.15) is 17.0 Å². The molecule has 0 bridgehead atoms. The second kappa shape index (κ2) is 3.18. The number of nitrogens with one attached hydrogen (secondary N) is 1. The Hall–Kier alpha value is -1.32. The van der Waals surface area contributed by atoms with E-state index in [1.165, 1.54) is 0 Å². The zero-order valence-electron chi connectivity index (χ0n) is 6.55. The first-order chi connectivity index (χ1) is 5.25. The van der Waals surface area contributed by atoms with Gasteiger partial charge in [0.05, 0.1) is 5.69 Å². The highest BCUT2D eigenvalue weighted by Gasteiger charge is 2.06. The van der Waals surface area contributed by atoms with Crippen LogP contribution < -0.4 is 5.32 Å².